The minimum atomic E-state index is -0.200. The molecule has 2 amide bonds. The summed E-state index contributed by atoms with van der Waals surface area (Å²) in [6.07, 6.45) is 5.32. The van der Waals surface area contributed by atoms with E-state index >= 15 is 0 Å². The number of hydrogen-bond acceptors (Lipinski definition) is 3. The van der Waals surface area contributed by atoms with Gasteiger partial charge in [-0.25, -0.2) is 4.79 Å². The molecule has 0 spiro atoms. The number of nitrogens with zero attached hydrogens (tertiary/aromatic N) is 3. The molecule has 1 unspecified atom stereocenters. The van der Waals surface area contributed by atoms with Crippen LogP contribution in [0.4, 0.5) is 10.5 Å². The molecule has 0 radical (unpaired) electrons. The maximum atomic E-state index is 12.7. The lowest BCUT2D eigenvalue weighted by Gasteiger charge is -2.29. The van der Waals surface area contributed by atoms with E-state index in [0.29, 0.717) is 12.2 Å². The molecule has 6 heteroatoms. The van der Waals surface area contributed by atoms with Crippen LogP contribution in [0.3, 0.4) is 0 Å². The Balaban J connectivity index is 1.76. The van der Waals surface area contributed by atoms with E-state index in [4.69, 9.17) is 0 Å². The zero-order valence-corrected chi connectivity index (χ0v) is 14.1. The number of aliphatic hydroxyl groups is 1. The molecular formula is C18H24N4O2. The third-order valence-electron chi connectivity index (χ3n) is 4.46. The summed E-state index contributed by atoms with van der Waals surface area (Å²) in [7, 11) is 0. The van der Waals surface area contributed by atoms with Gasteiger partial charge in [0.15, 0.2) is 0 Å². The van der Waals surface area contributed by atoms with Crippen LogP contribution < -0.4 is 5.32 Å². The Kier molecular flexibility index (Phi) is 4.85. The van der Waals surface area contributed by atoms with E-state index in [-0.39, 0.29) is 24.7 Å². The highest BCUT2D eigenvalue weighted by Crippen LogP contribution is 2.35. The minimum Gasteiger partial charge on any atom is -0.395 e. The van der Waals surface area contributed by atoms with Gasteiger partial charge in [-0.1, -0.05) is 24.3 Å². The number of anilines is 1. The van der Waals surface area contributed by atoms with Crippen LogP contribution in [0.1, 0.15) is 43.5 Å². The number of aryl methyl sites for hydroxylation is 1. The second-order valence-electron chi connectivity index (χ2n) is 6.40. The smallest absolute Gasteiger partial charge is 0.322 e. The van der Waals surface area contributed by atoms with Crippen LogP contribution >= 0.6 is 0 Å². The topological polar surface area (TPSA) is 70.4 Å². The quantitative estimate of drug-likeness (QED) is 0.886. The average Bonchev–Trinajstić information content (AvgIpc) is 3.19. The zero-order valence-electron chi connectivity index (χ0n) is 14.1. The molecule has 128 valence electrons. The Morgan fingerprint density at radius 3 is 2.96 bits per heavy atom. The number of carbonyl (C=O) groups is 1. The number of hydrogen-bond donors (Lipinski definition) is 2. The van der Waals surface area contributed by atoms with Gasteiger partial charge in [0.2, 0.25) is 0 Å². The number of aliphatic hydroxyl groups excluding tert-OH is 1. The lowest BCUT2D eigenvalue weighted by molar-refractivity contribution is 0.162. The van der Waals surface area contributed by atoms with Crippen LogP contribution in [0.5, 0.6) is 0 Å². The highest BCUT2D eigenvalue weighted by Gasteiger charge is 2.30. The van der Waals surface area contributed by atoms with Crippen molar-refractivity contribution in [3.63, 3.8) is 0 Å². The van der Waals surface area contributed by atoms with Crippen LogP contribution in [-0.2, 0) is 6.42 Å². The molecule has 3 rings (SSSR count). The second kappa shape index (κ2) is 7.05. The highest BCUT2D eigenvalue weighted by atomic mass is 16.3. The minimum absolute atomic E-state index is 0.00786. The molecule has 0 saturated carbocycles. The number of carbonyl (C=O) groups excluding carboxylic acids is 1. The fourth-order valence-corrected chi connectivity index (χ4v) is 3.25. The summed E-state index contributed by atoms with van der Waals surface area (Å²) < 4.78 is 1.80. The highest BCUT2D eigenvalue weighted by molar-refractivity contribution is 5.89. The van der Waals surface area contributed by atoms with E-state index in [0.717, 1.165) is 12.8 Å². The lowest BCUT2D eigenvalue weighted by Crippen LogP contribution is -2.39. The summed E-state index contributed by atoms with van der Waals surface area (Å²) in [5.41, 5.74) is 3.13. The van der Waals surface area contributed by atoms with Crippen LogP contribution in [0.25, 0.3) is 0 Å². The van der Waals surface area contributed by atoms with E-state index in [1.807, 2.05) is 32.2 Å². The maximum Gasteiger partial charge on any atom is 0.322 e. The fraction of sp³-hybridized carbons (Fsp3) is 0.444. The first-order valence-corrected chi connectivity index (χ1v) is 8.40. The van der Waals surface area contributed by atoms with Crippen LogP contribution in [-0.4, -0.2) is 39.0 Å². The largest absolute Gasteiger partial charge is 0.395 e. The number of urea groups is 1. The number of amides is 2. The first-order valence-electron chi connectivity index (χ1n) is 8.40. The van der Waals surface area contributed by atoms with Gasteiger partial charge >= 0.3 is 6.03 Å². The number of benzene rings is 1. The van der Waals surface area contributed by atoms with Gasteiger partial charge in [0.25, 0.3) is 0 Å². The predicted octanol–water partition coefficient (Wildman–Crippen LogP) is 2.98. The fourth-order valence-electron chi connectivity index (χ4n) is 3.25. The Hall–Kier alpha value is -2.34. The van der Waals surface area contributed by atoms with Gasteiger partial charge in [-0.2, -0.15) is 5.10 Å². The number of fused-ring (bicyclic) bond motifs is 1. The predicted molar refractivity (Wildman–Crippen MR) is 92.9 cm³/mol. The van der Waals surface area contributed by atoms with E-state index in [9.17, 15) is 9.90 Å². The molecule has 0 saturated heterocycles. The summed E-state index contributed by atoms with van der Waals surface area (Å²) in [6, 6.07) is 8.25. The molecule has 6 nitrogen and oxygen atoms in total. The molecule has 1 aliphatic carbocycles. The van der Waals surface area contributed by atoms with Crippen LogP contribution in [0, 0.1) is 0 Å². The van der Waals surface area contributed by atoms with Gasteiger partial charge < -0.3 is 15.3 Å². The normalized spacial score (nSPS) is 16.2. The average molecular weight is 328 g/mol. The van der Waals surface area contributed by atoms with Crippen LogP contribution in [0.15, 0.2) is 36.7 Å². The van der Waals surface area contributed by atoms with E-state index in [1.165, 1.54) is 11.1 Å². The van der Waals surface area contributed by atoms with E-state index in [2.05, 4.69) is 22.5 Å². The Morgan fingerprint density at radius 1 is 1.46 bits per heavy atom. The molecule has 0 fully saturated rings. The molecule has 1 aliphatic rings. The van der Waals surface area contributed by atoms with Gasteiger partial charge in [-0.05, 0) is 37.8 Å². The molecule has 0 aliphatic heterocycles. The van der Waals surface area contributed by atoms with Crippen molar-refractivity contribution < 1.29 is 9.90 Å². The third kappa shape index (κ3) is 3.28. The summed E-state index contributed by atoms with van der Waals surface area (Å²) in [5, 5.41) is 16.5. The summed E-state index contributed by atoms with van der Waals surface area (Å²) in [6.45, 7) is 4.32. The van der Waals surface area contributed by atoms with Gasteiger partial charge in [-0.3, -0.25) is 4.68 Å². The monoisotopic (exact) mass is 328 g/mol. The molecule has 1 heterocycles. The molecule has 2 N–H and O–H groups in total. The summed E-state index contributed by atoms with van der Waals surface area (Å²) >= 11 is 0. The third-order valence-corrected chi connectivity index (χ3v) is 4.46. The molecule has 0 bridgehead atoms. The van der Waals surface area contributed by atoms with Gasteiger partial charge in [0.1, 0.15) is 0 Å². The van der Waals surface area contributed by atoms with Gasteiger partial charge in [0.05, 0.1) is 24.5 Å². The van der Waals surface area contributed by atoms with Crippen molar-refractivity contribution in [3.8, 4) is 0 Å². The number of nitrogens with one attached hydrogen (secondary N) is 1. The summed E-state index contributed by atoms with van der Waals surface area (Å²) in [5.74, 6) is 0. The lowest BCUT2D eigenvalue weighted by atomic mass is 10.1. The van der Waals surface area contributed by atoms with Crippen molar-refractivity contribution in [1.82, 2.24) is 14.7 Å². The van der Waals surface area contributed by atoms with Gasteiger partial charge in [0, 0.05) is 18.8 Å². The van der Waals surface area contributed by atoms with Crippen molar-refractivity contribution in [1.29, 1.82) is 0 Å². The van der Waals surface area contributed by atoms with Crippen LogP contribution in [0.2, 0.25) is 0 Å². The van der Waals surface area contributed by atoms with Crippen molar-refractivity contribution in [2.75, 3.05) is 18.5 Å². The number of aromatic nitrogens is 2. The molecule has 24 heavy (non-hydrogen) atoms. The second-order valence-corrected chi connectivity index (χ2v) is 6.40. The zero-order chi connectivity index (χ0) is 17.1. The summed E-state index contributed by atoms with van der Waals surface area (Å²) in [4.78, 5) is 14.5. The van der Waals surface area contributed by atoms with Crippen molar-refractivity contribution in [2.24, 2.45) is 0 Å². The maximum absolute atomic E-state index is 12.7. The molecule has 1 atom stereocenters. The number of rotatable bonds is 5. The molecule has 2 aromatic rings. The van der Waals surface area contributed by atoms with Crippen molar-refractivity contribution in [3.05, 3.63) is 47.8 Å². The van der Waals surface area contributed by atoms with E-state index in [1.54, 1.807) is 15.8 Å². The van der Waals surface area contributed by atoms with Crippen molar-refractivity contribution in [2.45, 2.75) is 38.8 Å². The standard InChI is InChI=1S/C18H24N4O2/c1-13(2)22-12-15(11-19-22)20-18(24)21(9-10-23)17-8-7-14-5-3-4-6-16(14)17/h3-6,11-13,17,23H,7-10H2,1-2H3,(H,20,24). The first kappa shape index (κ1) is 16.5. The first-order chi connectivity index (χ1) is 11.6. The van der Waals surface area contributed by atoms with E-state index < -0.39 is 0 Å². The van der Waals surface area contributed by atoms with Gasteiger partial charge in [-0.15, -0.1) is 0 Å². The Bertz CT molecular complexity index is 711. The Morgan fingerprint density at radius 2 is 2.25 bits per heavy atom. The Labute approximate surface area is 142 Å². The molecule has 1 aromatic carbocycles. The SMILES string of the molecule is CC(C)n1cc(NC(=O)N(CCO)C2CCc3ccccc32)cn1. The van der Waals surface area contributed by atoms with Crippen molar-refractivity contribution >= 4 is 11.7 Å². The molecular weight excluding hydrogens is 304 g/mol. The molecule has 1 aromatic heterocycles.